The van der Waals surface area contributed by atoms with Crippen molar-refractivity contribution < 1.29 is 118 Å². The van der Waals surface area contributed by atoms with Gasteiger partial charge in [0.05, 0.1) is 13.1 Å². The number of halogens is 4. The third-order valence-electron chi connectivity index (χ3n) is 13.6. The summed E-state index contributed by atoms with van der Waals surface area (Å²) in [7, 11) is 0. The SMILES string of the molecule is CC(C)SCC[n+]1[c-]n(C(c2ccccc2)c2ccccc2)c2ccccc21.CC(C)SCC[n+]1[c-]n(C(c2ccccc2)c2ccccc2)c2ccccc21.Cc1ccccc1.Cc1ccccc1.Cc1ccccc1.Cc1ccccc1.[Br-].[Br-].[Br-].[Br-].[Pd+2].[Pd+2]. The van der Waals surface area contributed by atoms with E-state index in [0.29, 0.717) is 10.5 Å². The van der Waals surface area contributed by atoms with Crippen LogP contribution in [0.5, 0.6) is 0 Å². The van der Waals surface area contributed by atoms with Crippen LogP contribution in [-0.4, -0.2) is 31.1 Å². The number of benzene rings is 10. The topological polar surface area (TPSA) is 17.6 Å². The summed E-state index contributed by atoms with van der Waals surface area (Å²) in [4.78, 5) is 0. The second kappa shape index (κ2) is 47.0. The molecule has 0 aliphatic carbocycles. The summed E-state index contributed by atoms with van der Waals surface area (Å²) in [6.07, 6.45) is 7.36. The molecule has 12 rings (SSSR count). The standard InChI is InChI=1S/2C25H26N2S.4C7H8.4BrH.2Pd/c2*1-20(2)28-18-17-26-19-27(24-16-10-9-15-23(24)26)25(21-11-5-3-6-12-21)22-13-7-4-8-14-22;4*1-7-5-3-2-4-6-7;;;;;;/h2*3-16,20,25H,17-18H2,1-2H3;4*2-6H,1H3;4*1H;;/q;;;;;;;;;;2*+2/p-4. The van der Waals surface area contributed by atoms with E-state index >= 15 is 0 Å². The van der Waals surface area contributed by atoms with E-state index in [-0.39, 0.29) is 121 Å². The number of hydrogen-bond donors (Lipinski definition) is 0. The van der Waals surface area contributed by atoms with Crippen molar-refractivity contribution in [2.75, 3.05) is 11.5 Å². The minimum Gasteiger partial charge on any atom is -1.00 e. The van der Waals surface area contributed by atoms with E-state index in [9.17, 15) is 0 Å². The average Bonchev–Trinajstić information content (AvgIpc) is 1.63. The molecule has 12 aromatic rings. The molecule has 0 atom stereocenters. The Bertz CT molecular complexity index is 3280. The number of hydrogen-bond acceptors (Lipinski definition) is 2. The van der Waals surface area contributed by atoms with Gasteiger partial charge in [-0.05, 0) is 60.4 Å². The fourth-order valence-corrected chi connectivity index (χ4v) is 10.9. The van der Waals surface area contributed by atoms with E-state index < -0.39 is 0 Å². The zero-order valence-electron chi connectivity index (χ0n) is 52.6. The van der Waals surface area contributed by atoms with Gasteiger partial charge >= 0.3 is 40.8 Å². The Labute approximate surface area is 617 Å². The molecule has 2 heterocycles. The van der Waals surface area contributed by atoms with E-state index in [0.717, 1.165) is 24.6 Å². The number of fused-ring (bicyclic) bond motifs is 2. The first-order valence-corrected chi connectivity index (χ1v) is 31.5. The monoisotopic (exact) mass is 1670 g/mol. The maximum Gasteiger partial charge on any atom is 2.00 e. The Balaban J connectivity index is 0.000000602. The first kappa shape index (κ1) is 83.1. The maximum atomic E-state index is 3.68. The Kier molecular flexibility index (Phi) is 43.4. The van der Waals surface area contributed by atoms with Crippen LogP contribution in [0.2, 0.25) is 0 Å². The molecule has 2 aromatic heterocycles. The van der Waals surface area contributed by atoms with Gasteiger partial charge in [0, 0.05) is 33.6 Å². The molecule has 10 aromatic carbocycles. The first-order chi connectivity index (χ1) is 41.0. The van der Waals surface area contributed by atoms with Crippen molar-refractivity contribution in [3.63, 3.8) is 0 Å². The minimum absolute atomic E-state index is 0. The second-order valence-electron chi connectivity index (χ2n) is 21.1. The van der Waals surface area contributed by atoms with E-state index in [1.165, 1.54) is 66.6 Å². The molecule has 0 radical (unpaired) electrons. The summed E-state index contributed by atoms with van der Waals surface area (Å²) >= 11 is 3.99. The van der Waals surface area contributed by atoms with Gasteiger partial charge < -0.3 is 86.2 Å². The van der Waals surface area contributed by atoms with Gasteiger partial charge in [0.2, 0.25) is 12.7 Å². The normalized spacial score (nSPS) is 9.91. The van der Waals surface area contributed by atoms with Crippen molar-refractivity contribution in [1.29, 1.82) is 0 Å². The number of aromatic nitrogens is 4. The molecule has 4 nitrogen and oxygen atoms in total. The fourth-order valence-electron chi connectivity index (χ4n) is 9.42. The third-order valence-corrected chi connectivity index (χ3v) is 15.8. The summed E-state index contributed by atoms with van der Waals surface area (Å²) in [5.74, 6) is 2.18. The minimum atomic E-state index is 0. The quantitative estimate of drug-likeness (QED) is 0.0664. The van der Waals surface area contributed by atoms with Crippen molar-refractivity contribution in [3.05, 3.63) is 348 Å². The number of thioether (sulfide) groups is 2. The molecule has 12 heteroatoms. The van der Waals surface area contributed by atoms with Crippen molar-refractivity contribution in [1.82, 2.24) is 9.13 Å². The van der Waals surface area contributed by atoms with Crippen LogP contribution < -0.4 is 77.1 Å². The van der Waals surface area contributed by atoms with Crippen molar-refractivity contribution >= 4 is 45.6 Å². The number of nitrogens with zero attached hydrogens (tertiary/aromatic N) is 4. The number of rotatable bonds is 14. The van der Waals surface area contributed by atoms with E-state index in [2.05, 4.69) is 305 Å². The van der Waals surface area contributed by atoms with Crippen molar-refractivity contribution in [2.24, 2.45) is 0 Å². The van der Waals surface area contributed by atoms with Crippen LogP contribution in [0, 0.1) is 40.3 Å². The largest absolute Gasteiger partial charge is 2.00 e. The Morgan fingerprint density at radius 1 is 0.300 bits per heavy atom. The van der Waals surface area contributed by atoms with Crippen LogP contribution in [0.15, 0.2) is 291 Å². The molecule has 0 amide bonds. The van der Waals surface area contributed by atoms with Gasteiger partial charge in [0.15, 0.2) is 0 Å². The summed E-state index contributed by atoms with van der Waals surface area (Å²) in [5, 5.41) is 1.30. The Morgan fingerprint density at radius 2 is 0.500 bits per heavy atom. The molecule has 0 aliphatic rings. The van der Waals surface area contributed by atoms with E-state index in [1.807, 2.05) is 96.3 Å². The van der Waals surface area contributed by atoms with E-state index in [1.54, 1.807) is 0 Å². The Morgan fingerprint density at radius 3 is 0.700 bits per heavy atom. The first-order valence-electron chi connectivity index (χ1n) is 29.4. The third kappa shape index (κ3) is 28.1. The zero-order chi connectivity index (χ0) is 59.1. The average molecular weight is 1670 g/mol. The van der Waals surface area contributed by atoms with Crippen LogP contribution in [0.1, 0.15) is 84.3 Å². The molecule has 0 unspecified atom stereocenters. The number of imidazole rings is 2. The number of para-hydroxylation sites is 4. The molecule has 0 aliphatic heterocycles. The molecule has 0 saturated carbocycles. The van der Waals surface area contributed by atoms with Gasteiger partial charge in [-0.25, -0.2) is 0 Å². The van der Waals surface area contributed by atoms with Crippen molar-refractivity contribution in [2.45, 2.75) is 91.1 Å². The predicted octanol–water partition coefficient (Wildman–Crippen LogP) is 7.01. The van der Waals surface area contributed by atoms with Crippen LogP contribution in [0.4, 0.5) is 0 Å². The summed E-state index contributed by atoms with van der Waals surface area (Å²) in [6, 6.07) is 101. The smallest absolute Gasteiger partial charge is 1.00 e. The molecule has 0 saturated heterocycles. The van der Waals surface area contributed by atoms with Crippen LogP contribution in [0.25, 0.3) is 22.1 Å². The molecule has 476 valence electrons. The van der Waals surface area contributed by atoms with Gasteiger partial charge in [-0.3, -0.25) is 0 Å². The van der Waals surface area contributed by atoms with Gasteiger partial charge in [-0.1, -0.05) is 341 Å². The number of aryl methyl sites for hydroxylation is 6. The molecule has 0 bridgehead atoms. The van der Waals surface area contributed by atoms with Crippen LogP contribution in [-0.2, 0) is 53.9 Å². The van der Waals surface area contributed by atoms with Crippen LogP contribution >= 0.6 is 23.5 Å². The molecular formula is C78H84Br4N4Pd2S2. The molecule has 0 N–H and O–H groups in total. The molecule has 90 heavy (non-hydrogen) atoms. The Hall–Kier alpha value is -4.92. The van der Waals surface area contributed by atoms with E-state index in [4.69, 9.17) is 0 Å². The van der Waals surface area contributed by atoms with Crippen LogP contribution in [0.3, 0.4) is 0 Å². The fraction of sp³-hybridized carbons (Fsp3) is 0.205. The predicted molar refractivity (Wildman–Crippen MR) is 362 cm³/mol. The summed E-state index contributed by atoms with van der Waals surface area (Å²) < 4.78 is 9.17. The molecular weight excluding hydrogens is 1590 g/mol. The summed E-state index contributed by atoms with van der Waals surface area (Å²) in [6.45, 7) is 19.3. The zero-order valence-corrected chi connectivity index (χ0v) is 63.7. The maximum absolute atomic E-state index is 3.68. The molecule has 0 spiro atoms. The van der Waals surface area contributed by atoms with Gasteiger partial charge in [0.25, 0.3) is 0 Å². The molecule has 0 fully saturated rings. The van der Waals surface area contributed by atoms with Gasteiger partial charge in [0.1, 0.15) is 12.1 Å². The van der Waals surface area contributed by atoms with Crippen molar-refractivity contribution in [3.8, 4) is 0 Å². The second-order valence-corrected chi connectivity index (χ2v) is 24.5. The van der Waals surface area contributed by atoms with Gasteiger partial charge in [-0.2, -0.15) is 23.5 Å². The summed E-state index contributed by atoms with van der Waals surface area (Å²) in [5.41, 5.74) is 15.3. The van der Waals surface area contributed by atoms with Gasteiger partial charge in [-0.15, -0.1) is 0 Å².